The average molecular weight is 395 g/mol. The van der Waals surface area contributed by atoms with Crippen LogP contribution in [0.15, 0.2) is 29.2 Å². The first-order valence-corrected chi connectivity index (χ1v) is 10.2. The van der Waals surface area contributed by atoms with Crippen LogP contribution in [-0.4, -0.2) is 54.7 Å². The first kappa shape index (κ1) is 21.2. The van der Waals surface area contributed by atoms with Gasteiger partial charge in [0.2, 0.25) is 10.0 Å². The van der Waals surface area contributed by atoms with E-state index in [1.165, 1.54) is 31.3 Å². The molecule has 7 nitrogen and oxygen atoms in total. The number of carboxylic acid groups (broad SMARTS) is 1. The smallest absolute Gasteiger partial charge is 0.322 e. The molecule has 1 fully saturated rings. The van der Waals surface area contributed by atoms with Gasteiger partial charge in [-0.05, 0) is 62.8 Å². The fraction of sp³-hybridized carbons (Fsp3) is 0.526. The third-order valence-electron chi connectivity index (χ3n) is 4.82. The van der Waals surface area contributed by atoms with E-state index in [4.69, 9.17) is 4.74 Å². The van der Waals surface area contributed by atoms with Crippen molar-refractivity contribution in [2.75, 3.05) is 13.7 Å². The summed E-state index contributed by atoms with van der Waals surface area (Å²) in [5.74, 6) is 4.41. The Morgan fingerprint density at radius 3 is 2.37 bits per heavy atom. The molecule has 1 aromatic carbocycles. The Bertz CT molecular complexity index is 801. The highest BCUT2D eigenvalue weighted by molar-refractivity contribution is 7.89. The molecule has 1 aliphatic rings. The minimum atomic E-state index is -3.98. The molecular formula is C19H25NO6S. The van der Waals surface area contributed by atoms with E-state index in [0.29, 0.717) is 31.4 Å². The van der Waals surface area contributed by atoms with E-state index in [1.54, 1.807) is 6.92 Å². The number of likely N-dealkylation sites (N-methyl/N-ethyl adjacent to an activating group) is 1. The molecule has 0 heterocycles. The predicted octanol–water partition coefficient (Wildman–Crippen LogP) is 1.71. The summed E-state index contributed by atoms with van der Waals surface area (Å²) < 4.78 is 32.1. The molecule has 8 heteroatoms. The molecular weight excluding hydrogens is 370 g/mol. The Kier molecular flexibility index (Phi) is 7.25. The van der Waals surface area contributed by atoms with Crippen LogP contribution in [0.2, 0.25) is 0 Å². The van der Waals surface area contributed by atoms with E-state index >= 15 is 0 Å². The molecule has 1 aliphatic carbocycles. The van der Waals surface area contributed by atoms with Crippen LogP contribution in [0.4, 0.5) is 0 Å². The van der Waals surface area contributed by atoms with Crippen molar-refractivity contribution in [3.63, 3.8) is 0 Å². The highest BCUT2D eigenvalue weighted by Gasteiger charge is 2.39. The zero-order valence-corrected chi connectivity index (χ0v) is 16.3. The topological polar surface area (TPSA) is 104 Å². The summed E-state index contributed by atoms with van der Waals surface area (Å²) in [6.07, 6.45) is 1.47. The highest BCUT2D eigenvalue weighted by Crippen LogP contribution is 2.31. The third kappa shape index (κ3) is 5.22. The second-order valence-electron chi connectivity index (χ2n) is 6.56. The molecule has 1 atom stereocenters. The molecule has 0 spiro atoms. The summed E-state index contributed by atoms with van der Waals surface area (Å²) in [7, 11) is -2.69. The predicted molar refractivity (Wildman–Crippen MR) is 99.7 cm³/mol. The van der Waals surface area contributed by atoms with Crippen LogP contribution in [0.3, 0.4) is 0 Å². The van der Waals surface area contributed by atoms with Gasteiger partial charge >= 0.3 is 5.97 Å². The molecule has 0 bridgehead atoms. The average Bonchev–Trinajstić information content (AvgIpc) is 2.64. The maximum atomic E-state index is 12.9. The third-order valence-corrected chi connectivity index (χ3v) is 6.67. The summed E-state index contributed by atoms with van der Waals surface area (Å²) in [5, 5.41) is 19.3. The SMILES string of the molecule is CC#CCOc1ccc(S(=O)(=O)N(C)[C@@H](C(=O)O)C2CCC(O)CC2)cc1. The quantitative estimate of drug-likeness (QED) is 0.681. The molecule has 2 N–H and O–H groups in total. The van der Waals surface area contributed by atoms with Crippen LogP contribution in [0.25, 0.3) is 0 Å². The van der Waals surface area contributed by atoms with E-state index in [-0.39, 0.29) is 17.4 Å². The number of nitrogens with zero attached hydrogens (tertiary/aromatic N) is 1. The molecule has 1 aromatic rings. The molecule has 0 radical (unpaired) electrons. The van der Waals surface area contributed by atoms with Crippen molar-refractivity contribution in [2.24, 2.45) is 5.92 Å². The van der Waals surface area contributed by atoms with Crippen molar-refractivity contribution in [1.82, 2.24) is 4.31 Å². The number of sulfonamides is 1. The van der Waals surface area contributed by atoms with Gasteiger partial charge in [-0.2, -0.15) is 4.31 Å². The van der Waals surface area contributed by atoms with Gasteiger partial charge in [-0.1, -0.05) is 5.92 Å². The van der Waals surface area contributed by atoms with E-state index in [9.17, 15) is 23.4 Å². The van der Waals surface area contributed by atoms with Gasteiger partial charge in [-0.15, -0.1) is 5.92 Å². The number of aliphatic carboxylic acids is 1. The second kappa shape index (κ2) is 9.22. The maximum absolute atomic E-state index is 12.9. The Morgan fingerprint density at radius 1 is 1.26 bits per heavy atom. The summed E-state index contributed by atoms with van der Waals surface area (Å²) in [6, 6.07) is 4.65. The lowest BCUT2D eigenvalue weighted by atomic mass is 9.82. The van der Waals surface area contributed by atoms with Crippen molar-refractivity contribution < 1.29 is 28.2 Å². The van der Waals surface area contributed by atoms with Crippen LogP contribution in [-0.2, 0) is 14.8 Å². The van der Waals surface area contributed by atoms with Crippen LogP contribution in [0, 0.1) is 17.8 Å². The van der Waals surface area contributed by atoms with Crippen LogP contribution in [0.1, 0.15) is 32.6 Å². The van der Waals surface area contributed by atoms with Crippen molar-refractivity contribution >= 4 is 16.0 Å². The number of carboxylic acids is 1. The number of rotatable bonds is 7. The number of hydrogen-bond donors (Lipinski definition) is 2. The van der Waals surface area contributed by atoms with Gasteiger partial charge in [-0.25, -0.2) is 8.42 Å². The minimum Gasteiger partial charge on any atom is -0.481 e. The largest absolute Gasteiger partial charge is 0.481 e. The molecule has 0 amide bonds. The lowest BCUT2D eigenvalue weighted by Gasteiger charge is -2.34. The molecule has 1 saturated carbocycles. The van der Waals surface area contributed by atoms with Gasteiger partial charge < -0.3 is 14.9 Å². The van der Waals surface area contributed by atoms with Crippen molar-refractivity contribution in [3.8, 4) is 17.6 Å². The van der Waals surface area contributed by atoms with Crippen LogP contribution in [0.5, 0.6) is 5.75 Å². The molecule has 27 heavy (non-hydrogen) atoms. The fourth-order valence-electron chi connectivity index (χ4n) is 3.29. The number of carbonyl (C=O) groups is 1. The monoisotopic (exact) mass is 395 g/mol. The Hall–Kier alpha value is -2.08. The van der Waals surface area contributed by atoms with E-state index in [2.05, 4.69) is 11.8 Å². The van der Waals surface area contributed by atoms with Crippen molar-refractivity contribution in [3.05, 3.63) is 24.3 Å². The van der Waals surface area contributed by atoms with Crippen molar-refractivity contribution in [1.29, 1.82) is 0 Å². The van der Waals surface area contributed by atoms with Gasteiger partial charge in [0, 0.05) is 7.05 Å². The fourth-order valence-corrected chi connectivity index (χ4v) is 4.66. The number of benzene rings is 1. The molecule has 148 valence electrons. The van der Waals surface area contributed by atoms with E-state index < -0.39 is 28.1 Å². The van der Waals surface area contributed by atoms with Gasteiger partial charge in [0.15, 0.2) is 0 Å². The zero-order chi connectivity index (χ0) is 20.0. The number of aliphatic hydroxyl groups is 1. The Balaban J connectivity index is 2.19. The Morgan fingerprint density at radius 2 is 1.85 bits per heavy atom. The van der Waals surface area contributed by atoms with Gasteiger partial charge in [0.25, 0.3) is 0 Å². The minimum absolute atomic E-state index is 0.000944. The molecule has 0 saturated heterocycles. The zero-order valence-electron chi connectivity index (χ0n) is 15.5. The maximum Gasteiger partial charge on any atom is 0.322 e. The summed E-state index contributed by atoms with van der Waals surface area (Å²) in [5.41, 5.74) is 0. The molecule has 2 rings (SSSR count). The first-order valence-electron chi connectivity index (χ1n) is 8.78. The summed E-state index contributed by atoms with van der Waals surface area (Å²) in [6.45, 7) is 1.90. The standard InChI is InChI=1S/C19H25NO6S/c1-3-4-13-26-16-9-11-17(12-10-16)27(24,25)20(2)18(19(22)23)14-5-7-15(21)8-6-14/h9-12,14-15,18,21H,5-8,13H2,1-2H3,(H,22,23)/t14?,15?,18-/m1/s1. The lowest BCUT2D eigenvalue weighted by molar-refractivity contribution is -0.143. The van der Waals surface area contributed by atoms with Crippen LogP contribution >= 0.6 is 0 Å². The highest BCUT2D eigenvalue weighted by atomic mass is 32.2. The molecule has 0 unspecified atom stereocenters. The second-order valence-corrected chi connectivity index (χ2v) is 8.56. The summed E-state index contributed by atoms with van der Waals surface area (Å²) in [4.78, 5) is 11.8. The molecule has 0 aliphatic heterocycles. The summed E-state index contributed by atoms with van der Waals surface area (Å²) >= 11 is 0. The van der Waals surface area contributed by atoms with Crippen molar-refractivity contribution in [2.45, 2.75) is 49.6 Å². The first-order chi connectivity index (χ1) is 12.8. The van der Waals surface area contributed by atoms with E-state index in [1.807, 2.05) is 0 Å². The lowest BCUT2D eigenvalue weighted by Crippen LogP contribution is -2.48. The number of aliphatic hydroxyl groups excluding tert-OH is 1. The number of hydrogen-bond acceptors (Lipinski definition) is 5. The van der Waals surface area contributed by atoms with Gasteiger partial charge in [0.1, 0.15) is 18.4 Å². The Labute approximate surface area is 160 Å². The van der Waals surface area contributed by atoms with E-state index in [0.717, 1.165) is 4.31 Å². The molecule has 0 aromatic heterocycles. The number of ether oxygens (including phenoxy) is 1. The van der Waals surface area contributed by atoms with Gasteiger partial charge in [-0.3, -0.25) is 4.79 Å². The van der Waals surface area contributed by atoms with Crippen LogP contribution < -0.4 is 4.74 Å². The normalized spacial score (nSPS) is 21.2. The van der Waals surface area contributed by atoms with Gasteiger partial charge in [0.05, 0.1) is 11.0 Å².